The molecule has 150 valence electrons. The van der Waals surface area contributed by atoms with Gasteiger partial charge in [0, 0.05) is 18.8 Å². The lowest BCUT2D eigenvalue weighted by molar-refractivity contribution is -0.122. The van der Waals surface area contributed by atoms with Crippen molar-refractivity contribution < 1.29 is 17.9 Å². The van der Waals surface area contributed by atoms with Crippen molar-refractivity contribution in [2.24, 2.45) is 0 Å². The smallest absolute Gasteiger partial charge is 0.265 e. The Kier molecular flexibility index (Phi) is 6.36. The molecule has 1 unspecified atom stereocenters. The number of nitrogens with zero attached hydrogens (tertiary/aromatic N) is 1. The maximum absolute atomic E-state index is 12.6. The van der Waals surface area contributed by atoms with Crippen molar-refractivity contribution >= 4 is 21.6 Å². The summed E-state index contributed by atoms with van der Waals surface area (Å²) in [4.78, 5) is 12.8. The normalized spacial score (nSPS) is 15.9. The SMILES string of the molecule is CCC(Oc1ccc(C)cc1)C(=O)Nc1ccc(S(=O)(=O)N2CCCC2)cc1. The summed E-state index contributed by atoms with van der Waals surface area (Å²) in [5.41, 5.74) is 1.66. The number of carbonyl (C=O) groups is 1. The van der Waals surface area contributed by atoms with Crippen LogP contribution in [0.15, 0.2) is 53.4 Å². The fourth-order valence-electron chi connectivity index (χ4n) is 3.11. The summed E-state index contributed by atoms with van der Waals surface area (Å²) < 4.78 is 32.4. The zero-order valence-corrected chi connectivity index (χ0v) is 17.0. The summed E-state index contributed by atoms with van der Waals surface area (Å²) in [6, 6.07) is 13.8. The number of ether oxygens (including phenoxy) is 1. The van der Waals surface area contributed by atoms with E-state index in [1.807, 2.05) is 38.1 Å². The zero-order valence-electron chi connectivity index (χ0n) is 16.2. The first-order valence-corrected chi connectivity index (χ1v) is 11.0. The Morgan fingerprint density at radius 1 is 1.07 bits per heavy atom. The summed E-state index contributed by atoms with van der Waals surface area (Å²) in [5.74, 6) is 0.373. The molecule has 0 aromatic heterocycles. The summed E-state index contributed by atoms with van der Waals surface area (Å²) in [6.45, 7) is 5.00. The Bertz CT molecular complexity index is 902. The summed E-state index contributed by atoms with van der Waals surface area (Å²) in [5, 5.41) is 2.80. The molecule has 1 heterocycles. The molecule has 28 heavy (non-hydrogen) atoms. The molecule has 2 aromatic carbocycles. The standard InChI is InChI=1S/C21H26N2O4S/c1-3-20(27-18-10-6-16(2)7-11-18)21(24)22-17-8-12-19(13-9-17)28(25,26)23-14-4-5-15-23/h6-13,20H,3-5,14-15H2,1-2H3,(H,22,24). The topological polar surface area (TPSA) is 75.7 Å². The monoisotopic (exact) mass is 402 g/mol. The number of nitrogens with one attached hydrogen (secondary N) is 1. The van der Waals surface area contributed by atoms with E-state index in [0.717, 1.165) is 18.4 Å². The van der Waals surface area contributed by atoms with Crippen molar-refractivity contribution in [1.29, 1.82) is 0 Å². The minimum atomic E-state index is -3.45. The van der Waals surface area contributed by atoms with Gasteiger partial charge < -0.3 is 10.1 Å². The van der Waals surface area contributed by atoms with Crippen LogP contribution >= 0.6 is 0 Å². The molecule has 0 saturated carbocycles. The largest absolute Gasteiger partial charge is 0.481 e. The van der Waals surface area contributed by atoms with Gasteiger partial charge in [-0.05, 0) is 62.6 Å². The Morgan fingerprint density at radius 2 is 1.68 bits per heavy atom. The van der Waals surface area contributed by atoms with Crippen molar-refractivity contribution in [3.05, 3.63) is 54.1 Å². The van der Waals surface area contributed by atoms with Gasteiger partial charge in [0.1, 0.15) is 5.75 Å². The summed E-state index contributed by atoms with van der Waals surface area (Å²) in [6.07, 6.45) is 1.68. The lowest BCUT2D eigenvalue weighted by Gasteiger charge is -2.18. The molecule has 1 aliphatic heterocycles. The van der Waals surface area contributed by atoms with E-state index in [-0.39, 0.29) is 10.8 Å². The molecule has 1 amide bonds. The van der Waals surface area contributed by atoms with Crippen LogP contribution in [0, 0.1) is 6.92 Å². The van der Waals surface area contributed by atoms with E-state index < -0.39 is 16.1 Å². The van der Waals surface area contributed by atoms with Gasteiger partial charge >= 0.3 is 0 Å². The van der Waals surface area contributed by atoms with Crippen LogP contribution in [-0.4, -0.2) is 37.8 Å². The highest BCUT2D eigenvalue weighted by Gasteiger charge is 2.27. The molecule has 0 bridgehead atoms. The Hall–Kier alpha value is -2.38. The van der Waals surface area contributed by atoms with Crippen LogP contribution in [0.1, 0.15) is 31.7 Å². The van der Waals surface area contributed by atoms with Gasteiger partial charge in [0.15, 0.2) is 6.10 Å². The first kappa shape index (κ1) is 20.4. The van der Waals surface area contributed by atoms with Gasteiger partial charge in [0.2, 0.25) is 10.0 Å². The van der Waals surface area contributed by atoms with E-state index in [0.29, 0.717) is 30.9 Å². The second-order valence-electron chi connectivity index (χ2n) is 6.95. The molecule has 1 atom stereocenters. The quantitative estimate of drug-likeness (QED) is 0.768. The third-order valence-corrected chi connectivity index (χ3v) is 6.70. The average Bonchev–Trinajstić information content (AvgIpc) is 3.23. The lowest BCUT2D eigenvalue weighted by Crippen LogP contribution is -2.32. The third kappa shape index (κ3) is 4.72. The molecular formula is C21H26N2O4S. The third-order valence-electron chi connectivity index (χ3n) is 4.79. The van der Waals surface area contributed by atoms with Gasteiger partial charge in [-0.25, -0.2) is 8.42 Å². The van der Waals surface area contributed by atoms with Crippen molar-refractivity contribution in [3.8, 4) is 5.75 Å². The molecule has 0 radical (unpaired) electrons. The number of hydrogen-bond acceptors (Lipinski definition) is 4. The highest BCUT2D eigenvalue weighted by atomic mass is 32.2. The Morgan fingerprint density at radius 3 is 2.25 bits per heavy atom. The van der Waals surface area contributed by atoms with Gasteiger partial charge in [-0.3, -0.25) is 4.79 Å². The van der Waals surface area contributed by atoms with Crippen molar-refractivity contribution in [3.63, 3.8) is 0 Å². The lowest BCUT2D eigenvalue weighted by atomic mass is 10.2. The van der Waals surface area contributed by atoms with E-state index in [1.165, 1.54) is 16.4 Å². The first-order valence-electron chi connectivity index (χ1n) is 9.54. The predicted molar refractivity (Wildman–Crippen MR) is 109 cm³/mol. The fourth-order valence-corrected chi connectivity index (χ4v) is 4.63. The summed E-state index contributed by atoms with van der Waals surface area (Å²) in [7, 11) is -3.45. The second kappa shape index (κ2) is 8.75. The molecule has 0 aliphatic carbocycles. The Balaban J connectivity index is 1.65. The van der Waals surface area contributed by atoms with Gasteiger partial charge in [0.25, 0.3) is 5.91 Å². The number of anilines is 1. The minimum Gasteiger partial charge on any atom is -0.481 e. The number of benzene rings is 2. The van der Waals surface area contributed by atoms with Crippen LogP contribution in [0.5, 0.6) is 5.75 Å². The average molecular weight is 403 g/mol. The van der Waals surface area contributed by atoms with Crippen LogP contribution < -0.4 is 10.1 Å². The highest BCUT2D eigenvalue weighted by Crippen LogP contribution is 2.22. The molecule has 6 nitrogen and oxygen atoms in total. The van der Waals surface area contributed by atoms with Crippen LogP contribution in [0.25, 0.3) is 0 Å². The molecule has 7 heteroatoms. The maximum Gasteiger partial charge on any atom is 0.265 e. The molecule has 1 saturated heterocycles. The second-order valence-corrected chi connectivity index (χ2v) is 8.89. The number of amides is 1. The van der Waals surface area contributed by atoms with Crippen molar-refractivity contribution in [2.45, 2.75) is 44.1 Å². The number of sulfonamides is 1. The van der Waals surface area contributed by atoms with E-state index >= 15 is 0 Å². The van der Waals surface area contributed by atoms with Crippen molar-refractivity contribution in [2.75, 3.05) is 18.4 Å². The number of carbonyl (C=O) groups excluding carboxylic acids is 1. The Labute approximate surface area is 166 Å². The summed E-state index contributed by atoms with van der Waals surface area (Å²) >= 11 is 0. The van der Waals surface area contributed by atoms with Gasteiger partial charge in [-0.15, -0.1) is 0 Å². The molecule has 2 aromatic rings. The molecule has 1 N–H and O–H groups in total. The maximum atomic E-state index is 12.6. The highest BCUT2D eigenvalue weighted by molar-refractivity contribution is 7.89. The van der Waals surface area contributed by atoms with Crippen LogP contribution in [0.4, 0.5) is 5.69 Å². The van der Waals surface area contributed by atoms with Crippen LogP contribution in [-0.2, 0) is 14.8 Å². The first-order chi connectivity index (χ1) is 13.4. The van der Waals surface area contributed by atoms with Gasteiger partial charge in [-0.2, -0.15) is 4.31 Å². The number of rotatable bonds is 7. The molecule has 1 aliphatic rings. The predicted octanol–water partition coefficient (Wildman–Crippen LogP) is 3.58. The molecule has 3 rings (SSSR count). The molecule has 0 spiro atoms. The van der Waals surface area contributed by atoms with Gasteiger partial charge in [-0.1, -0.05) is 24.6 Å². The van der Waals surface area contributed by atoms with Crippen LogP contribution in [0.2, 0.25) is 0 Å². The van der Waals surface area contributed by atoms with E-state index in [9.17, 15) is 13.2 Å². The number of aryl methyl sites for hydroxylation is 1. The van der Waals surface area contributed by atoms with E-state index in [2.05, 4.69) is 5.32 Å². The minimum absolute atomic E-state index is 0.246. The van der Waals surface area contributed by atoms with Crippen LogP contribution in [0.3, 0.4) is 0 Å². The van der Waals surface area contributed by atoms with E-state index in [1.54, 1.807) is 12.1 Å². The molecule has 1 fully saturated rings. The number of hydrogen-bond donors (Lipinski definition) is 1. The fraction of sp³-hybridized carbons (Fsp3) is 0.381. The molecular weight excluding hydrogens is 376 g/mol. The van der Waals surface area contributed by atoms with Gasteiger partial charge in [0.05, 0.1) is 4.90 Å². The zero-order chi connectivity index (χ0) is 20.1. The van der Waals surface area contributed by atoms with Crippen molar-refractivity contribution in [1.82, 2.24) is 4.31 Å². The van der Waals surface area contributed by atoms with E-state index in [4.69, 9.17) is 4.74 Å².